The maximum absolute atomic E-state index is 13.0. The van der Waals surface area contributed by atoms with Crippen molar-refractivity contribution < 1.29 is 19.0 Å². The second-order valence-electron chi connectivity index (χ2n) is 12.8. The van der Waals surface area contributed by atoms with Gasteiger partial charge in [0.05, 0.1) is 29.5 Å². The van der Waals surface area contributed by atoms with E-state index in [0.29, 0.717) is 54.3 Å². The number of benzene rings is 4. The minimum atomic E-state index is -0.0170. The lowest BCUT2D eigenvalue weighted by molar-refractivity contribution is -0.127. The van der Waals surface area contributed by atoms with Gasteiger partial charge in [-0.1, -0.05) is 65.7 Å². The van der Waals surface area contributed by atoms with Gasteiger partial charge in [0.25, 0.3) is 0 Å². The fourth-order valence-corrected chi connectivity index (χ4v) is 6.15. The van der Waals surface area contributed by atoms with E-state index < -0.39 is 0 Å². The quantitative estimate of drug-likeness (QED) is 0.111. The molecule has 0 spiro atoms. The highest BCUT2D eigenvalue weighted by Gasteiger charge is 2.20. The molecule has 0 atom stereocenters. The minimum absolute atomic E-state index is 0. The predicted molar refractivity (Wildman–Crippen MR) is 211 cm³/mol. The van der Waals surface area contributed by atoms with Crippen molar-refractivity contribution in [2.24, 2.45) is 0 Å². The molecular formula is C43H42Cl2N4O4. The summed E-state index contributed by atoms with van der Waals surface area (Å²) in [7, 11) is 0. The Labute approximate surface area is 322 Å². The first kappa shape index (κ1) is 38.9. The van der Waals surface area contributed by atoms with Crippen LogP contribution in [0.3, 0.4) is 0 Å². The van der Waals surface area contributed by atoms with Gasteiger partial charge in [-0.15, -0.1) is 12.4 Å². The minimum Gasteiger partial charge on any atom is -0.493 e. The molecule has 6 rings (SSSR count). The van der Waals surface area contributed by atoms with E-state index in [2.05, 4.69) is 59.3 Å². The van der Waals surface area contributed by atoms with Gasteiger partial charge < -0.3 is 19.1 Å². The van der Waals surface area contributed by atoms with Crippen LogP contribution in [-0.2, 0) is 24.4 Å². The highest BCUT2D eigenvalue weighted by Crippen LogP contribution is 2.34. The first-order valence-corrected chi connectivity index (χ1v) is 17.7. The maximum atomic E-state index is 13.0. The van der Waals surface area contributed by atoms with Gasteiger partial charge >= 0.3 is 0 Å². The molecule has 0 saturated carbocycles. The van der Waals surface area contributed by atoms with Crippen molar-refractivity contribution in [3.8, 4) is 29.2 Å². The average molecular weight is 750 g/mol. The van der Waals surface area contributed by atoms with Crippen molar-refractivity contribution in [1.29, 1.82) is 5.26 Å². The van der Waals surface area contributed by atoms with Crippen molar-refractivity contribution in [2.45, 2.75) is 33.4 Å². The van der Waals surface area contributed by atoms with Gasteiger partial charge in [0.1, 0.15) is 18.1 Å². The number of pyridine rings is 1. The summed E-state index contributed by atoms with van der Waals surface area (Å²) in [4.78, 5) is 21.7. The highest BCUT2D eigenvalue weighted by molar-refractivity contribution is 6.32. The van der Waals surface area contributed by atoms with E-state index in [-0.39, 0.29) is 18.3 Å². The number of hydrogen-bond acceptors (Lipinski definition) is 7. The number of halogens is 2. The van der Waals surface area contributed by atoms with Crippen LogP contribution in [0.25, 0.3) is 6.08 Å². The predicted octanol–water partition coefficient (Wildman–Crippen LogP) is 9.00. The number of nitrogens with zero attached hydrogens (tertiary/aromatic N) is 4. The summed E-state index contributed by atoms with van der Waals surface area (Å²) >= 11 is 6.62. The molecule has 0 radical (unpaired) electrons. The molecule has 0 N–H and O–H groups in total. The fourth-order valence-electron chi connectivity index (χ4n) is 5.83. The van der Waals surface area contributed by atoms with Crippen LogP contribution in [0.15, 0.2) is 109 Å². The SMILES string of the molecule is Cc1ccc(OCCc2ccc(CN3CCN(C(=O)C=Cc4cc(C)c(Oc5ccc(OCc6ccc(C#N)cc6)cn5)c(Cl)c4)CC3)cc2)cc1.Cl. The Balaban J connectivity index is 0.00000541. The van der Waals surface area contributed by atoms with Crippen molar-refractivity contribution in [1.82, 2.24) is 14.8 Å². The van der Waals surface area contributed by atoms with Crippen molar-refractivity contribution >= 4 is 36.0 Å². The van der Waals surface area contributed by atoms with Gasteiger partial charge in [0, 0.05) is 51.3 Å². The van der Waals surface area contributed by atoms with Crippen LogP contribution in [0.5, 0.6) is 23.1 Å². The van der Waals surface area contributed by atoms with Crippen molar-refractivity contribution in [2.75, 3.05) is 32.8 Å². The zero-order valence-electron chi connectivity index (χ0n) is 29.8. The van der Waals surface area contributed by atoms with Crippen LogP contribution in [-0.4, -0.2) is 53.5 Å². The zero-order valence-corrected chi connectivity index (χ0v) is 31.4. The van der Waals surface area contributed by atoms with Crippen molar-refractivity contribution in [3.63, 3.8) is 0 Å². The van der Waals surface area contributed by atoms with Crippen LogP contribution in [0.4, 0.5) is 0 Å². The molecule has 1 saturated heterocycles. The molecule has 1 aliphatic rings. The summed E-state index contributed by atoms with van der Waals surface area (Å²) in [5, 5.41) is 9.38. The molecule has 4 aromatic carbocycles. The summed E-state index contributed by atoms with van der Waals surface area (Å²) in [6.07, 6.45) is 5.86. The molecule has 10 heteroatoms. The van der Waals surface area contributed by atoms with E-state index in [1.807, 2.05) is 42.2 Å². The standard InChI is InChI=1S/C43H41ClN4O4.ClH/c1-31-3-14-38(15-4-31)50-24-19-33-5-9-35(10-6-33)29-47-20-22-48(23-21-47)42(49)18-13-37-25-32(2)43(40(44)26-37)52-41-17-16-39(28-46-41)51-30-36-11-7-34(27-45)8-12-36;/h3-18,25-26,28H,19-24,29-30H2,1-2H3;1H. The molecule has 0 unspecified atom stereocenters. The van der Waals surface area contributed by atoms with Gasteiger partial charge in [-0.3, -0.25) is 9.69 Å². The first-order valence-electron chi connectivity index (χ1n) is 17.3. The molecule has 2 heterocycles. The number of carbonyl (C=O) groups is 1. The number of hydrogen-bond donors (Lipinski definition) is 0. The number of carbonyl (C=O) groups excluding carboxylic acids is 1. The van der Waals surface area contributed by atoms with Crippen LogP contribution < -0.4 is 14.2 Å². The Bertz CT molecular complexity index is 2000. The van der Waals surface area contributed by atoms with Crippen LogP contribution in [0.2, 0.25) is 5.02 Å². The third-order valence-electron chi connectivity index (χ3n) is 8.87. The lowest BCUT2D eigenvalue weighted by Crippen LogP contribution is -2.47. The van der Waals surface area contributed by atoms with Crippen LogP contribution in [0, 0.1) is 25.2 Å². The van der Waals surface area contributed by atoms with E-state index >= 15 is 0 Å². The van der Waals surface area contributed by atoms with Gasteiger partial charge in [0.15, 0.2) is 5.75 Å². The van der Waals surface area contributed by atoms with Crippen molar-refractivity contribution in [3.05, 3.63) is 153 Å². The molecule has 1 fully saturated rings. The lowest BCUT2D eigenvalue weighted by atomic mass is 10.1. The Morgan fingerprint density at radius 3 is 2.19 bits per heavy atom. The molecule has 1 aromatic heterocycles. The van der Waals surface area contributed by atoms with Gasteiger partial charge in [-0.25, -0.2) is 4.98 Å². The van der Waals surface area contributed by atoms with E-state index in [1.54, 1.807) is 48.7 Å². The summed E-state index contributed by atoms with van der Waals surface area (Å²) in [6, 6.07) is 33.4. The molecule has 5 aromatic rings. The number of piperazine rings is 1. The molecule has 8 nitrogen and oxygen atoms in total. The molecule has 0 aliphatic carbocycles. The highest BCUT2D eigenvalue weighted by atomic mass is 35.5. The third kappa shape index (κ3) is 11.3. The Morgan fingerprint density at radius 1 is 0.849 bits per heavy atom. The Kier molecular flexibility index (Phi) is 13.9. The van der Waals surface area contributed by atoms with Gasteiger partial charge in [0.2, 0.25) is 11.8 Å². The second-order valence-corrected chi connectivity index (χ2v) is 13.3. The monoisotopic (exact) mass is 748 g/mol. The molecule has 53 heavy (non-hydrogen) atoms. The maximum Gasteiger partial charge on any atom is 0.246 e. The van der Waals surface area contributed by atoms with Gasteiger partial charge in [-0.2, -0.15) is 5.26 Å². The molecule has 0 bridgehead atoms. The normalized spacial score (nSPS) is 12.9. The summed E-state index contributed by atoms with van der Waals surface area (Å²) < 4.78 is 17.7. The average Bonchev–Trinajstić information content (AvgIpc) is 3.17. The molecule has 272 valence electrons. The number of ether oxygens (including phenoxy) is 3. The van der Waals surface area contributed by atoms with E-state index in [0.717, 1.165) is 48.5 Å². The summed E-state index contributed by atoms with van der Waals surface area (Å²) in [6.45, 7) is 8.83. The third-order valence-corrected chi connectivity index (χ3v) is 9.15. The number of nitriles is 1. The summed E-state index contributed by atoms with van der Waals surface area (Å²) in [5.74, 6) is 2.36. The molecule has 1 aliphatic heterocycles. The Morgan fingerprint density at radius 2 is 1.53 bits per heavy atom. The van der Waals surface area contributed by atoms with E-state index in [1.165, 1.54) is 16.7 Å². The number of aryl methyl sites for hydroxylation is 2. The smallest absolute Gasteiger partial charge is 0.246 e. The van der Waals surface area contributed by atoms with E-state index in [4.69, 9.17) is 31.1 Å². The van der Waals surface area contributed by atoms with E-state index in [9.17, 15) is 4.79 Å². The molecule has 1 amide bonds. The number of amides is 1. The van der Waals surface area contributed by atoms with Crippen LogP contribution >= 0.6 is 24.0 Å². The number of aromatic nitrogens is 1. The Hall–Kier alpha value is -5.33. The second kappa shape index (κ2) is 19.0. The summed E-state index contributed by atoms with van der Waals surface area (Å²) in [5.41, 5.74) is 6.93. The zero-order chi connectivity index (χ0) is 36.3. The topological polar surface area (TPSA) is 87.9 Å². The fraction of sp³-hybridized carbons (Fsp3) is 0.233. The van der Waals surface area contributed by atoms with Gasteiger partial charge in [-0.05, 0) is 90.2 Å². The molecular weight excluding hydrogens is 707 g/mol. The number of rotatable bonds is 13. The lowest BCUT2D eigenvalue weighted by Gasteiger charge is -2.34. The first-order chi connectivity index (χ1) is 25.3. The largest absolute Gasteiger partial charge is 0.493 e. The van der Waals surface area contributed by atoms with Crippen LogP contribution in [0.1, 0.15) is 38.9 Å².